The van der Waals surface area contributed by atoms with Gasteiger partial charge in [-0.2, -0.15) is 0 Å². The first kappa shape index (κ1) is 14.6. The number of carbonyl (C=O) groups is 1. The number of hydrogen-bond donors (Lipinski definition) is 0. The molecule has 0 bridgehead atoms. The lowest BCUT2D eigenvalue weighted by Gasteiger charge is -2.32. The van der Waals surface area contributed by atoms with E-state index in [1.807, 2.05) is 17.0 Å². The van der Waals surface area contributed by atoms with Crippen LogP contribution in [0.25, 0.3) is 0 Å². The van der Waals surface area contributed by atoms with Gasteiger partial charge in [0, 0.05) is 37.8 Å². The van der Waals surface area contributed by atoms with Gasteiger partial charge in [0.25, 0.3) is 0 Å². The van der Waals surface area contributed by atoms with Gasteiger partial charge in [0.2, 0.25) is 5.91 Å². The lowest BCUT2D eigenvalue weighted by atomic mass is 10.1. The van der Waals surface area contributed by atoms with Crippen LogP contribution in [0.2, 0.25) is 0 Å². The molecule has 1 aliphatic heterocycles. The van der Waals surface area contributed by atoms with Crippen molar-refractivity contribution in [3.8, 4) is 0 Å². The zero-order valence-electron chi connectivity index (χ0n) is 12.3. The molecule has 6 nitrogen and oxygen atoms in total. The van der Waals surface area contributed by atoms with Crippen LogP contribution < -0.4 is 0 Å². The minimum Gasteiger partial charge on any atom is -0.368 e. The second-order valence-electron chi connectivity index (χ2n) is 5.19. The summed E-state index contributed by atoms with van der Waals surface area (Å²) in [6, 6.07) is 3.88. The van der Waals surface area contributed by atoms with Gasteiger partial charge in [0.15, 0.2) is 0 Å². The van der Waals surface area contributed by atoms with Gasteiger partial charge in [0.1, 0.15) is 6.10 Å². The number of amides is 1. The molecule has 0 spiro atoms. The van der Waals surface area contributed by atoms with E-state index in [2.05, 4.69) is 15.0 Å². The SMILES string of the molecule is O=C(CCc1cccnc1)N1CCO[C@H](c2cnccn2)C1. The molecule has 0 N–H and O–H groups in total. The molecule has 0 aromatic carbocycles. The van der Waals surface area contributed by atoms with Gasteiger partial charge in [-0.25, -0.2) is 0 Å². The standard InChI is InChI=1S/C16H18N4O2/c21-16(4-3-13-2-1-5-17-10-13)20-8-9-22-15(12-20)14-11-18-6-7-19-14/h1-2,5-7,10-11,15H,3-4,8-9,12H2/t15-/m0/s1. The van der Waals surface area contributed by atoms with Crippen LogP contribution in [0.5, 0.6) is 0 Å². The van der Waals surface area contributed by atoms with Crippen molar-refractivity contribution in [1.82, 2.24) is 19.9 Å². The Morgan fingerprint density at radius 2 is 2.18 bits per heavy atom. The molecular weight excluding hydrogens is 280 g/mol. The molecule has 1 fully saturated rings. The van der Waals surface area contributed by atoms with Gasteiger partial charge in [-0.1, -0.05) is 6.07 Å². The number of ether oxygens (including phenoxy) is 1. The molecule has 3 rings (SSSR count). The summed E-state index contributed by atoms with van der Waals surface area (Å²) >= 11 is 0. The minimum atomic E-state index is -0.190. The number of aromatic nitrogens is 3. The Hall–Kier alpha value is -2.34. The van der Waals surface area contributed by atoms with Gasteiger partial charge in [-0.3, -0.25) is 19.7 Å². The molecule has 0 saturated carbocycles. The van der Waals surface area contributed by atoms with E-state index < -0.39 is 0 Å². The normalized spacial score (nSPS) is 18.2. The third kappa shape index (κ3) is 3.65. The average Bonchev–Trinajstić information content (AvgIpc) is 2.61. The van der Waals surface area contributed by atoms with Crippen LogP contribution in [0.4, 0.5) is 0 Å². The predicted octanol–water partition coefficient (Wildman–Crippen LogP) is 1.40. The highest BCUT2D eigenvalue weighted by atomic mass is 16.5. The molecule has 6 heteroatoms. The number of nitrogens with zero attached hydrogens (tertiary/aromatic N) is 4. The first-order chi connectivity index (χ1) is 10.8. The number of rotatable bonds is 4. The predicted molar refractivity (Wildman–Crippen MR) is 79.9 cm³/mol. The highest BCUT2D eigenvalue weighted by molar-refractivity contribution is 5.76. The summed E-state index contributed by atoms with van der Waals surface area (Å²) in [4.78, 5) is 26.6. The summed E-state index contributed by atoms with van der Waals surface area (Å²) in [5.74, 6) is 0.140. The van der Waals surface area contributed by atoms with Crippen molar-refractivity contribution in [3.05, 3.63) is 54.4 Å². The molecule has 2 aromatic rings. The molecule has 0 unspecified atom stereocenters. The zero-order chi connectivity index (χ0) is 15.2. The van der Waals surface area contributed by atoms with Crippen LogP contribution in [0.15, 0.2) is 43.1 Å². The van der Waals surface area contributed by atoms with Crippen molar-refractivity contribution in [2.45, 2.75) is 18.9 Å². The quantitative estimate of drug-likeness (QED) is 0.853. The molecule has 2 aromatic heterocycles. The van der Waals surface area contributed by atoms with Crippen LogP contribution in [0.3, 0.4) is 0 Å². The number of hydrogen-bond acceptors (Lipinski definition) is 5. The number of carbonyl (C=O) groups excluding carboxylic acids is 1. The van der Waals surface area contributed by atoms with Crippen molar-refractivity contribution < 1.29 is 9.53 Å². The van der Waals surface area contributed by atoms with E-state index in [4.69, 9.17) is 4.74 Å². The fourth-order valence-electron chi connectivity index (χ4n) is 2.49. The lowest BCUT2D eigenvalue weighted by Crippen LogP contribution is -2.42. The Bertz CT molecular complexity index is 606. The Balaban J connectivity index is 1.56. The van der Waals surface area contributed by atoms with Gasteiger partial charge in [0.05, 0.1) is 25.0 Å². The molecule has 22 heavy (non-hydrogen) atoms. The Kier molecular flexibility index (Phi) is 4.70. The van der Waals surface area contributed by atoms with Crippen molar-refractivity contribution in [2.75, 3.05) is 19.7 Å². The highest BCUT2D eigenvalue weighted by Gasteiger charge is 2.26. The van der Waals surface area contributed by atoms with E-state index in [0.717, 1.165) is 11.3 Å². The Morgan fingerprint density at radius 3 is 2.95 bits per heavy atom. The molecular formula is C16H18N4O2. The van der Waals surface area contributed by atoms with Crippen LogP contribution in [-0.4, -0.2) is 45.5 Å². The van der Waals surface area contributed by atoms with Crippen molar-refractivity contribution in [2.24, 2.45) is 0 Å². The Morgan fingerprint density at radius 1 is 1.27 bits per heavy atom. The van der Waals surface area contributed by atoms with E-state index in [0.29, 0.717) is 32.5 Å². The molecule has 0 radical (unpaired) electrons. The van der Waals surface area contributed by atoms with Gasteiger partial charge in [-0.15, -0.1) is 0 Å². The van der Waals surface area contributed by atoms with Gasteiger partial charge in [-0.05, 0) is 18.1 Å². The summed E-state index contributed by atoms with van der Waals surface area (Å²) in [5, 5.41) is 0. The molecule has 0 aliphatic carbocycles. The van der Waals surface area contributed by atoms with E-state index >= 15 is 0 Å². The maximum atomic E-state index is 12.4. The van der Waals surface area contributed by atoms with Crippen LogP contribution in [0.1, 0.15) is 23.8 Å². The summed E-state index contributed by atoms with van der Waals surface area (Å²) in [5.41, 5.74) is 1.85. The van der Waals surface area contributed by atoms with Crippen molar-refractivity contribution in [1.29, 1.82) is 0 Å². The number of aryl methyl sites for hydroxylation is 1. The molecule has 114 valence electrons. The number of pyridine rings is 1. The van der Waals surface area contributed by atoms with Gasteiger partial charge < -0.3 is 9.64 Å². The van der Waals surface area contributed by atoms with E-state index in [1.165, 1.54) is 0 Å². The van der Waals surface area contributed by atoms with Crippen LogP contribution in [0, 0.1) is 0 Å². The second-order valence-corrected chi connectivity index (χ2v) is 5.19. The molecule has 1 amide bonds. The summed E-state index contributed by atoms with van der Waals surface area (Å²) < 4.78 is 5.70. The van der Waals surface area contributed by atoms with Crippen LogP contribution in [-0.2, 0) is 16.0 Å². The molecule has 3 heterocycles. The second kappa shape index (κ2) is 7.09. The molecule has 1 atom stereocenters. The summed E-state index contributed by atoms with van der Waals surface area (Å²) in [7, 11) is 0. The minimum absolute atomic E-state index is 0.140. The summed E-state index contributed by atoms with van der Waals surface area (Å²) in [6.07, 6.45) is 9.50. The van der Waals surface area contributed by atoms with Gasteiger partial charge >= 0.3 is 0 Å². The average molecular weight is 298 g/mol. The molecule has 1 aliphatic rings. The first-order valence-corrected chi connectivity index (χ1v) is 7.37. The summed E-state index contributed by atoms with van der Waals surface area (Å²) in [6.45, 7) is 1.69. The fourth-order valence-corrected chi connectivity index (χ4v) is 2.49. The zero-order valence-corrected chi connectivity index (χ0v) is 12.3. The third-order valence-electron chi connectivity index (χ3n) is 3.68. The Labute approximate surface area is 129 Å². The van der Waals surface area contributed by atoms with Crippen molar-refractivity contribution >= 4 is 5.91 Å². The highest BCUT2D eigenvalue weighted by Crippen LogP contribution is 2.20. The maximum Gasteiger partial charge on any atom is 0.223 e. The smallest absolute Gasteiger partial charge is 0.223 e. The first-order valence-electron chi connectivity index (χ1n) is 7.37. The van der Waals surface area contributed by atoms with E-state index in [1.54, 1.807) is 31.0 Å². The topological polar surface area (TPSA) is 68.2 Å². The van der Waals surface area contributed by atoms with Crippen molar-refractivity contribution in [3.63, 3.8) is 0 Å². The maximum absolute atomic E-state index is 12.4. The van der Waals surface area contributed by atoms with E-state index in [9.17, 15) is 4.79 Å². The van der Waals surface area contributed by atoms with Crippen LogP contribution >= 0.6 is 0 Å². The monoisotopic (exact) mass is 298 g/mol. The number of morpholine rings is 1. The molecule has 1 saturated heterocycles. The van der Waals surface area contributed by atoms with E-state index in [-0.39, 0.29) is 12.0 Å². The largest absolute Gasteiger partial charge is 0.368 e. The fraction of sp³-hybridized carbons (Fsp3) is 0.375. The third-order valence-corrected chi connectivity index (χ3v) is 3.68. The lowest BCUT2D eigenvalue weighted by molar-refractivity contribution is -0.139.